The van der Waals surface area contributed by atoms with E-state index < -0.39 is 49.7 Å². The van der Waals surface area contributed by atoms with Gasteiger partial charge in [0.15, 0.2) is 0 Å². The van der Waals surface area contributed by atoms with Crippen LogP contribution in [0.5, 0.6) is 11.5 Å². The Morgan fingerprint density at radius 2 is 1.44 bits per heavy atom. The first-order chi connectivity index (χ1) is 31.6. The largest absolute Gasteiger partial charge is 0.501 e. The molecule has 0 spiro atoms. The number of aromatic nitrogens is 2. The average molecular weight is 935 g/mol. The van der Waals surface area contributed by atoms with E-state index in [0.717, 1.165) is 74.6 Å². The molecule has 8 aromatic rings. The number of benzene rings is 5. The van der Waals surface area contributed by atoms with E-state index in [1.54, 1.807) is 0 Å². The summed E-state index contributed by atoms with van der Waals surface area (Å²) in [5.74, 6) is 1.78. The van der Waals surface area contributed by atoms with Crippen molar-refractivity contribution in [3.8, 4) is 34.0 Å². The van der Waals surface area contributed by atoms with Gasteiger partial charge in [0.25, 0.3) is 6.71 Å². The number of nitrogens with zero attached hydrogens (tertiary/aromatic N) is 2. The van der Waals surface area contributed by atoms with Gasteiger partial charge in [0.1, 0.15) is 17.1 Å². The van der Waals surface area contributed by atoms with E-state index in [9.17, 15) is 0 Å². The maximum Gasteiger partial charge on any atom is 0.251 e. The molecule has 0 N–H and O–H groups in total. The molecule has 0 saturated carbocycles. The van der Waals surface area contributed by atoms with Gasteiger partial charge >= 0.3 is 0 Å². The molecule has 3 aromatic heterocycles. The monoisotopic (exact) mass is 935 g/mol. The molecule has 57 heavy (non-hydrogen) atoms. The molecule has 5 aromatic carbocycles. The number of ether oxygens (including phenoxy) is 1. The SMILES string of the molecule is Cc1cc(C)c(B2c3ccccc3Oc3cc4c(cc32)oc2c(-c3cc(C(C)(C)C)ccn3)[c-]ccc24)c(C)c1.[2H]C([2H])([2H])c1c[c-]c(-c2cc(C([2H])([2H])[2H])c(C([2H])([2H])[2H])cn2)cc1C([2H])([2H])[2H].[Ir]. The summed E-state index contributed by atoms with van der Waals surface area (Å²) in [6, 6.07) is 34.7. The first-order valence-electron chi connectivity index (χ1n) is 24.4. The second-order valence-corrected chi connectivity index (χ2v) is 15.4. The van der Waals surface area contributed by atoms with Gasteiger partial charge < -0.3 is 19.1 Å². The summed E-state index contributed by atoms with van der Waals surface area (Å²) < 4.78 is 104. The van der Waals surface area contributed by atoms with Crippen LogP contribution in [0.3, 0.4) is 0 Å². The Morgan fingerprint density at radius 3 is 2.19 bits per heavy atom. The van der Waals surface area contributed by atoms with Gasteiger partial charge in [-0.05, 0) is 97.6 Å². The Bertz CT molecular complexity index is 3160. The van der Waals surface area contributed by atoms with Gasteiger partial charge in [0, 0.05) is 54.3 Å². The molecule has 0 saturated heterocycles. The maximum absolute atomic E-state index is 7.60. The molecule has 1 radical (unpaired) electrons. The summed E-state index contributed by atoms with van der Waals surface area (Å²) in [7, 11) is 0. The number of fused-ring (bicyclic) bond motifs is 5. The van der Waals surface area contributed by atoms with Crippen LogP contribution < -0.4 is 21.1 Å². The van der Waals surface area contributed by atoms with Gasteiger partial charge in [-0.25, -0.2) is 0 Å². The molecular formula is C51H47BIrN2O2-2. The van der Waals surface area contributed by atoms with Crippen molar-refractivity contribution < 1.29 is 45.7 Å². The molecule has 0 unspecified atom stereocenters. The third-order valence-electron chi connectivity index (χ3n) is 10.4. The van der Waals surface area contributed by atoms with Crippen molar-refractivity contribution in [3.63, 3.8) is 0 Å². The Labute approximate surface area is 368 Å². The second-order valence-electron chi connectivity index (χ2n) is 15.4. The van der Waals surface area contributed by atoms with Crippen LogP contribution in [-0.2, 0) is 25.5 Å². The second kappa shape index (κ2) is 15.6. The molecular weight excluding hydrogens is 876 g/mol. The van der Waals surface area contributed by atoms with Crippen LogP contribution in [0.4, 0.5) is 0 Å². The third-order valence-corrected chi connectivity index (χ3v) is 10.4. The van der Waals surface area contributed by atoms with E-state index >= 15 is 0 Å². The smallest absolute Gasteiger partial charge is 0.251 e. The molecule has 4 nitrogen and oxygen atoms in total. The molecule has 6 heteroatoms. The van der Waals surface area contributed by atoms with Crippen LogP contribution in [0.15, 0.2) is 108 Å². The summed E-state index contributed by atoms with van der Waals surface area (Å²) in [4.78, 5) is 8.65. The number of rotatable bonds is 3. The Balaban J connectivity index is 0.000000215. The number of hydrogen-bond donors (Lipinski definition) is 0. The van der Waals surface area contributed by atoms with Crippen LogP contribution in [0.1, 0.15) is 81.7 Å². The first-order valence-corrected chi connectivity index (χ1v) is 18.4. The Kier molecular flexibility index (Phi) is 7.48. The van der Waals surface area contributed by atoms with Gasteiger partial charge in [-0.2, -0.15) is 0 Å². The number of pyridine rings is 2. The topological polar surface area (TPSA) is 48.2 Å². The predicted molar refractivity (Wildman–Crippen MR) is 234 cm³/mol. The normalized spacial score (nSPS) is 16.0. The minimum Gasteiger partial charge on any atom is -0.501 e. The number of hydrogen-bond acceptors (Lipinski definition) is 4. The summed E-state index contributed by atoms with van der Waals surface area (Å²) >= 11 is 0. The van der Waals surface area contributed by atoms with Crippen molar-refractivity contribution in [2.45, 2.75) is 74.4 Å². The van der Waals surface area contributed by atoms with Crippen molar-refractivity contribution in [1.82, 2.24) is 9.97 Å². The predicted octanol–water partition coefficient (Wildman–Crippen LogP) is 11.1. The van der Waals surface area contributed by atoms with Gasteiger partial charge in [-0.15, -0.1) is 53.1 Å². The van der Waals surface area contributed by atoms with Crippen LogP contribution in [0, 0.1) is 60.3 Å². The van der Waals surface area contributed by atoms with Crippen molar-refractivity contribution >= 4 is 45.0 Å². The molecule has 0 aliphatic carbocycles. The third kappa shape index (κ3) is 7.62. The number of furan rings is 1. The molecule has 0 bridgehead atoms. The quantitative estimate of drug-likeness (QED) is 0.131. The van der Waals surface area contributed by atoms with Crippen molar-refractivity contribution in [1.29, 1.82) is 0 Å². The van der Waals surface area contributed by atoms with E-state index in [4.69, 9.17) is 30.6 Å². The standard InChI is InChI=1S/C36H31BNO2.C15H16N.Ir/c1-21-16-22(2)34(23(3)17-21)37-28-12-7-8-13-31(28)39-33-19-27-25-10-9-11-26(35(25)40-32(27)20-29(33)37)30-18-24(14-15-38-30)36(4,5)6;1-10-5-6-14(7-11(10)2)15-8-12(3)13(4)9-16-15;/h7-10,12-20H,1-6H3;5,7-9H,1-4H3;/q2*-1;/i;1D3,2D3,3D3,4D3;. The van der Waals surface area contributed by atoms with Crippen LogP contribution >= 0.6 is 0 Å². The van der Waals surface area contributed by atoms with Gasteiger partial charge in [0.05, 0.1) is 5.58 Å². The molecule has 1 aliphatic rings. The minimum absolute atomic E-state index is 0. The summed E-state index contributed by atoms with van der Waals surface area (Å²) in [6.07, 6.45) is 2.79. The Morgan fingerprint density at radius 1 is 0.684 bits per heavy atom. The fourth-order valence-electron chi connectivity index (χ4n) is 7.62. The number of aryl methyl sites for hydroxylation is 7. The Hall–Kier alpha value is -5.29. The molecule has 4 heterocycles. The molecule has 0 fully saturated rings. The van der Waals surface area contributed by atoms with Gasteiger partial charge in [0.2, 0.25) is 0 Å². The summed E-state index contributed by atoms with van der Waals surface area (Å²) in [5, 5.41) is 2.07. The molecule has 287 valence electrons. The fraction of sp³-hybridized carbons (Fsp3) is 0.216. The van der Waals surface area contributed by atoms with Crippen LogP contribution in [0.25, 0.3) is 44.5 Å². The molecule has 0 amide bonds. The first kappa shape index (κ1) is 27.4. The molecule has 0 atom stereocenters. The summed E-state index contributed by atoms with van der Waals surface area (Å²) in [5.41, 5.74) is 10.4. The molecule has 1 aliphatic heterocycles. The summed E-state index contributed by atoms with van der Waals surface area (Å²) in [6.45, 7) is 2.43. The zero-order valence-corrected chi connectivity index (χ0v) is 34.8. The zero-order valence-electron chi connectivity index (χ0n) is 44.4. The number of para-hydroxylation sites is 1. The van der Waals surface area contributed by atoms with E-state index in [1.165, 1.54) is 33.2 Å². The van der Waals surface area contributed by atoms with Gasteiger partial charge in [-0.3, -0.25) is 0 Å². The fourth-order valence-corrected chi connectivity index (χ4v) is 7.62. The van der Waals surface area contributed by atoms with E-state index in [2.05, 4.69) is 119 Å². The van der Waals surface area contributed by atoms with Crippen LogP contribution in [0.2, 0.25) is 0 Å². The van der Waals surface area contributed by atoms with E-state index in [0.29, 0.717) is 0 Å². The maximum atomic E-state index is 7.60. The van der Waals surface area contributed by atoms with Crippen molar-refractivity contribution in [2.75, 3.05) is 0 Å². The minimum atomic E-state index is -2.74. The van der Waals surface area contributed by atoms with E-state index in [-0.39, 0.29) is 43.5 Å². The molecule has 9 rings (SSSR count). The average Bonchev–Trinajstić information content (AvgIpc) is 3.61. The van der Waals surface area contributed by atoms with Crippen molar-refractivity contribution in [2.24, 2.45) is 0 Å². The van der Waals surface area contributed by atoms with Gasteiger partial charge in [-0.1, -0.05) is 116 Å². The zero-order chi connectivity index (χ0) is 49.5. The van der Waals surface area contributed by atoms with E-state index in [1.807, 2.05) is 18.3 Å². The van der Waals surface area contributed by atoms with Crippen molar-refractivity contribution in [3.05, 3.63) is 160 Å². The van der Waals surface area contributed by atoms with Crippen LogP contribution in [-0.4, -0.2) is 16.7 Å².